The number of carbonyl (C=O) groups is 4. The molecule has 4 aromatic rings. The molecule has 0 unspecified atom stereocenters. The minimum Gasteiger partial charge on any atom is -0.493 e. The third-order valence-corrected chi connectivity index (χ3v) is 11.9. The van der Waals surface area contributed by atoms with Crippen molar-refractivity contribution in [2.75, 3.05) is 34.2 Å². The van der Waals surface area contributed by atoms with Gasteiger partial charge in [0.2, 0.25) is 12.5 Å². The van der Waals surface area contributed by atoms with E-state index in [1.54, 1.807) is 31.2 Å². The Morgan fingerprint density at radius 3 is 2.08 bits per heavy atom. The molecule has 0 saturated carbocycles. The second-order valence-corrected chi connectivity index (χ2v) is 15.9. The Labute approximate surface area is 373 Å². The molecule has 1 N–H and O–H groups in total. The monoisotopic (exact) mass is 897 g/mol. The van der Waals surface area contributed by atoms with Gasteiger partial charge >= 0.3 is 24.2 Å². The highest BCUT2D eigenvalue weighted by Gasteiger charge is 2.57. The summed E-state index contributed by atoms with van der Waals surface area (Å²) in [6.07, 6.45) is -7.70. The number of nitrogens with one attached hydrogen (secondary N) is 1. The minimum absolute atomic E-state index is 0.0233. The van der Waals surface area contributed by atoms with Crippen molar-refractivity contribution < 1.29 is 80.8 Å². The summed E-state index contributed by atoms with van der Waals surface area (Å²) in [5.41, 5.74) is 3.27. The van der Waals surface area contributed by atoms with Crippen LogP contribution in [0.15, 0.2) is 84.9 Å². The van der Waals surface area contributed by atoms with Gasteiger partial charge in [-0.25, -0.2) is 9.59 Å². The van der Waals surface area contributed by atoms with Crippen molar-refractivity contribution in [1.82, 2.24) is 5.32 Å². The highest BCUT2D eigenvalue weighted by molar-refractivity contribution is 5.79. The molecule has 0 aromatic heterocycles. The van der Waals surface area contributed by atoms with Gasteiger partial charge in [0, 0.05) is 18.8 Å². The first kappa shape index (κ1) is 43.6. The van der Waals surface area contributed by atoms with Gasteiger partial charge in [-0.2, -0.15) is 0 Å². The molecule has 342 valence electrons. The number of fused-ring (bicyclic) bond motifs is 4. The van der Waals surface area contributed by atoms with Crippen LogP contribution in [0.2, 0.25) is 0 Å². The lowest BCUT2D eigenvalue weighted by molar-refractivity contribution is -0.348. The summed E-state index contributed by atoms with van der Waals surface area (Å²) < 4.78 is 77.0. The zero-order chi connectivity index (χ0) is 45.2. The number of ether oxygens (including phenoxy) is 13. The Hall–Kier alpha value is -6.60. The van der Waals surface area contributed by atoms with E-state index in [1.165, 1.54) is 21.1 Å². The van der Waals surface area contributed by atoms with E-state index < -0.39 is 85.0 Å². The number of amides is 1. The molecule has 4 aliphatic heterocycles. The van der Waals surface area contributed by atoms with Gasteiger partial charge in [0.1, 0.15) is 31.5 Å². The lowest BCUT2D eigenvalue weighted by Crippen LogP contribution is -2.68. The fraction of sp³-hybridized carbons (Fsp3) is 0.404. The average molecular weight is 898 g/mol. The highest BCUT2D eigenvalue weighted by atomic mass is 16.8. The molecule has 10 atom stereocenters. The van der Waals surface area contributed by atoms with Crippen LogP contribution in [0.25, 0.3) is 0 Å². The molecule has 0 bridgehead atoms. The van der Waals surface area contributed by atoms with Gasteiger partial charge in [-0.1, -0.05) is 60.7 Å². The van der Waals surface area contributed by atoms with Gasteiger partial charge in [-0.15, -0.1) is 0 Å². The summed E-state index contributed by atoms with van der Waals surface area (Å²) in [5.74, 6) is -2.39. The fourth-order valence-electron chi connectivity index (χ4n) is 9.05. The smallest absolute Gasteiger partial charge is 0.493 e. The summed E-state index contributed by atoms with van der Waals surface area (Å²) >= 11 is 0. The van der Waals surface area contributed by atoms with Crippen LogP contribution in [0.5, 0.6) is 28.7 Å². The molecule has 1 aliphatic carbocycles. The van der Waals surface area contributed by atoms with Crippen molar-refractivity contribution in [1.29, 1.82) is 0 Å². The molecule has 0 spiro atoms. The Kier molecular flexibility index (Phi) is 12.7. The van der Waals surface area contributed by atoms with Gasteiger partial charge in [0.05, 0.1) is 39.5 Å². The number of cyclic esters (lactones) is 1. The molecule has 9 rings (SSSR count). The van der Waals surface area contributed by atoms with Gasteiger partial charge in [0.25, 0.3) is 0 Å². The van der Waals surface area contributed by atoms with Gasteiger partial charge in [-0.05, 0) is 59.0 Å². The second-order valence-electron chi connectivity index (χ2n) is 15.9. The van der Waals surface area contributed by atoms with E-state index in [9.17, 15) is 19.2 Å². The van der Waals surface area contributed by atoms with Crippen molar-refractivity contribution in [3.8, 4) is 28.7 Å². The fourth-order valence-corrected chi connectivity index (χ4v) is 9.05. The largest absolute Gasteiger partial charge is 0.514 e. The lowest BCUT2D eigenvalue weighted by atomic mass is 9.66. The predicted octanol–water partition coefficient (Wildman–Crippen LogP) is 5.85. The quantitative estimate of drug-likeness (QED) is 0.101. The number of hydrogen-bond acceptors (Lipinski definition) is 17. The summed E-state index contributed by atoms with van der Waals surface area (Å²) in [6.45, 7) is 2.83. The first-order chi connectivity index (χ1) is 31.6. The van der Waals surface area contributed by atoms with E-state index in [2.05, 4.69) is 5.32 Å². The molecule has 3 fully saturated rings. The van der Waals surface area contributed by atoms with Crippen molar-refractivity contribution in [2.24, 2.45) is 11.8 Å². The van der Waals surface area contributed by atoms with Crippen molar-refractivity contribution in [3.05, 3.63) is 113 Å². The molecule has 65 heavy (non-hydrogen) atoms. The van der Waals surface area contributed by atoms with Gasteiger partial charge in [-0.3, -0.25) is 9.59 Å². The maximum atomic E-state index is 14.1. The number of benzene rings is 4. The van der Waals surface area contributed by atoms with Crippen LogP contribution in [0.3, 0.4) is 0 Å². The summed E-state index contributed by atoms with van der Waals surface area (Å²) in [5, 5.41) is 2.86. The zero-order valence-electron chi connectivity index (χ0n) is 35.8. The van der Waals surface area contributed by atoms with E-state index in [1.807, 2.05) is 60.7 Å². The predicted molar refractivity (Wildman–Crippen MR) is 221 cm³/mol. The van der Waals surface area contributed by atoms with E-state index >= 15 is 0 Å². The Bertz CT molecular complexity index is 2370. The van der Waals surface area contributed by atoms with E-state index in [0.29, 0.717) is 28.2 Å². The maximum Gasteiger partial charge on any atom is 0.514 e. The lowest BCUT2D eigenvalue weighted by Gasteiger charge is -2.49. The number of carbonyl (C=O) groups excluding carboxylic acids is 4. The molecule has 5 aliphatic rings. The van der Waals surface area contributed by atoms with Crippen molar-refractivity contribution in [3.63, 3.8) is 0 Å². The van der Waals surface area contributed by atoms with E-state index in [0.717, 1.165) is 11.1 Å². The standard InChI is InChI=1S/C47H47NO17/c1-24(49)61-43-39(48-46(51)57-19-26-11-7-5-8-12-26)42-36(22-55-25(2)62-42)63-45(43)64-40-30-18-33-32(59-23-60-33)17-29(30)37(38-31(40)21-56-44(38)50)28-15-34(53-3)41(35(16-28)54-4)65-47(52)58-20-27-13-9-6-10-14-27/h5-18,25,31,36-40,42-43,45H,19-23H2,1-4H3,(H,48,51)/t25-,31+,36-,37-,38+,39+,40-,42-,43-,45+/m1/s1. The van der Waals surface area contributed by atoms with Crippen molar-refractivity contribution in [2.45, 2.75) is 76.0 Å². The van der Waals surface area contributed by atoms with E-state index in [-0.39, 0.29) is 50.5 Å². The minimum atomic E-state index is -1.35. The van der Waals surface area contributed by atoms with Crippen LogP contribution in [0, 0.1) is 11.8 Å². The third-order valence-electron chi connectivity index (χ3n) is 11.9. The number of methoxy groups -OCH3 is 2. The topological polar surface area (TPSA) is 200 Å². The molecule has 0 radical (unpaired) electrons. The number of alkyl carbamates (subject to hydrolysis) is 1. The first-order valence-corrected chi connectivity index (χ1v) is 21.1. The van der Waals surface area contributed by atoms with Gasteiger partial charge < -0.3 is 66.9 Å². The number of rotatable bonds is 12. The molecule has 4 aromatic carbocycles. The van der Waals surface area contributed by atoms with Crippen LogP contribution >= 0.6 is 0 Å². The van der Waals surface area contributed by atoms with Crippen molar-refractivity contribution >= 4 is 24.2 Å². The molecular weight excluding hydrogens is 851 g/mol. The number of hydrogen-bond donors (Lipinski definition) is 1. The number of esters is 2. The van der Waals surface area contributed by atoms with Crippen LogP contribution in [0.4, 0.5) is 9.59 Å². The third kappa shape index (κ3) is 9.07. The molecule has 18 heteroatoms. The molecule has 18 nitrogen and oxygen atoms in total. The Morgan fingerprint density at radius 1 is 0.785 bits per heavy atom. The molecule has 3 saturated heterocycles. The molecule has 1 amide bonds. The van der Waals surface area contributed by atoms with Crippen LogP contribution < -0.4 is 29.0 Å². The maximum absolute atomic E-state index is 14.1. The van der Waals surface area contributed by atoms with Crippen LogP contribution in [0.1, 0.15) is 53.7 Å². The molecular formula is C47H47NO17. The van der Waals surface area contributed by atoms with Gasteiger partial charge in [0.15, 0.2) is 41.7 Å². The normalized spacial score (nSPS) is 27.2. The Morgan fingerprint density at radius 2 is 1.43 bits per heavy atom. The van der Waals surface area contributed by atoms with Crippen LogP contribution in [-0.4, -0.2) is 95.3 Å². The Balaban J connectivity index is 1.06. The average Bonchev–Trinajstić information content (AvgIpc) is 3.94. The summed E-state index contributed by atoms with van der Waals surface area (Å²) in [7, 11) is 2.82. The molecule has 4 heterocycles. The zero-order valence-corrected chi connectivity index (χ0v) is 35.8. The second kappa shape index (κ2) is 18.9. The highest BCUT2D eigenvalue weighted by Crippen LogP contribution is 2.57. The summed E-state index contributed by atoms with van der Waals surface area (Å²) in [6, 6.07) is 24.1. The first-order valence-electron chi connectivity index (χ1n) is 21.1. The van der Waals surface area contributed by atoms with Crippen LogP contribution in [-0.2, 0) is 60.7 Å². The van der Waals surface area contributed by atoms with E-state index in [4.69, 9.17) is 61.6 Å². The SMILES string of the molecule is COc1cc([C@@H]2c3cc4c(cc3[C@@H](O[C@@H]3O[C@@H]5CO[C@@H](C)O[C@H]5[C@H](NC(=O)OCc5ccccc5)[C@H]3OC(C)=O)[C@H]3COC(=O)[C@H]23)OCO4)cc(OC)c1OC(=O)OCc1ccccc1. The summed E-state index contributed by atoms with van der Waals surface area (Å²) in [4.78, 5) is 53.4.